The van der Waals surface area contributed by atoms with Gasteiger partial charge in [0.1, 0.15) is 5.82 Å². The van der Waals surface area contributed by atoms with Crippen molar-refractivity contribution in [1.29, 1.82) is 0 Å². The van der Waals surface area contributed by atoms with Crippen LogP contribution < -0.4 is 0 Å². The fourth-order valence-electron chi connectivity index (χ4n) is 3.83. The van der Waals surface area contributed by atoms with Gasteiger partial charge >= 0.3 is 0 Å². The number of fused-ring (bicyclic) bond motifs is 3. The van der Waals surface area contributed by atoms with Crippen LogP contribution in [-0.2, 0) is 10.2 Å². The zero-order valence-electron chi connectivity index (χ0n) is 17.0. The summed E-state index contributed by atoms with van der Waals surface area (Å²) >= 11 is 1.46. The number of amides is 1. The maximum Gasteiger partial charge on any atom is 0.233 e. The normalized spacial score (nSPS) is 18.1. The number of hydrogen-bond donors (Lipinski definition) is 0. The molecule has 0 bridgehead atoms. The van der Waals surface area contributed by atoms with Crippen LogP contribution >= 0.6 is 11.8 Å². The summed E-state index contributed by atoms with van der Waals surface area (Å²) in [5.41, 5.74) is 1.55. The van der Waals surface area contributed by atoms with Gasteiger partial charge in [-0.1, -0.05) is 44.7 Å². The Morgan fingerprint density at radius 2 is 2.00 bits per heavy atom. The van der Waals surface area contributed by atoms with E-state index in [-0.39, 0.29) is 11.3 Å². The highest BCUT2D eigenvalue weighted by Crippen LogP contribution is 2.30. The lowest BCUT2D eigenvalue weighted by atomic mass is 9.95. The minimum absolute atomic E-state index is 0.175. The molecule has 0 radical (unpaired) electrons. The second-order valence-corrected chi connectivity index (χ2v) is 9.51. The Morgan fingerprint density at radius 1 is 1.21 bits per heavy atom. The first kappa shape index (κ1) is 19.2. The van der Waals surface area contributed by atoms with Crippen molar-refractivity contribution in [3.05, 3.63) is 30.1 Å². The summed E-state index contributed by atoms with van der Waals surface area (Å²) in [6, 6.07) is 8.33. The van der Waals surface area contributed by atoms with Crippen molar-refractivity contribution in [2.75, 3.05) is 12.3 Å². The van der Waals surface area contributed by atoms with E-state index in [0.29, 0.717) is 11.8 Å². The number of carbonyl (C=O) groups is 1. The number of aromatic nitrogens is 4. The zero-order chi connectivity index (χ0) is 19.9. The van der Waals surface area contributed by atoms with Gasteiger partial charge in [0.15, 0.2) is 10.8 Å². The third kappa shape index (κ3) is 3.48. The molecule has 1 fully saturated rings. The summed E-state index contributed by atoms with van der Waals surface area (Å²) in [6.07, 6.45) is 3.40. The third-order valence-electron chi connectivity index (χ3n) is 5.34. The smallest absolute Gasteiger partial charge is 0.233 e. The second-order valence-electron chi connectivity index (χ2n) is 8.56. The summed E-state index contributed by atoms with van der Waals surface area (Å²) in [5.74, 6) is 1.47. The van der Waals surface area contributed by atoms with Crippen LogP contribution in [0.25, 0.3) is 16.6 Å². The summed E-state index contributed by atoms with van der Waals surface area (Å²) in [5, 5.41) is 10.6. The molecule has 148 valence electrons. The molecule has 3 aromatic rings. The highest BCUT2D eigenvalue weighted by Gasteiger charge is 2.26. The quantitative estimate of drug-likeness (QED) is 0.624. The van der Waals surface area contributed by atoms with E-state index in [2.05, 4.69) is 37.9 Å². The third-order valence-corrected chi connectivity index (χ3v) is 6.25. The van der Waals surface area contributed by atoms with Gasteiger partial charge in [-0.3, -0.25) is 9.20 Å². The molecule has 0 spiro atoms. The monoisotopic (exact) mass is 397 g/mol. The van der Waals surface area contributed by atoms with Crippen LogP contribution in [0.15, 0.2) is 29.4 Å². The molecule has 0 aliphatic carbocycles. The van der Waals surface area contributed by atoms with E-state index in [9.17, 15) is 4.79 Å². The molecule has 1 saturated heterocycles. The van der Waals surface area contributed by atoms with E-state index < -0.39 is 0 Å². The van der Waals surface area contributed by atoms with Gasteiger partial charge < -0.3 is 4.90 Å². The Hall–Kier alpha value is -2.15. The van der Waals surface area contributed by atoms with Gasteiger partial charge in [0.05, 0.1) is 11.3 Å². The Balaban J connectivity index is 1.70. The molecule has 7 heteroatoms. The average molecular weight is 398 g/mol. The lowest BCUT2D eigenvalue weighted by molar-refractivity contribution is -0.131. The van der Waals surface area contributed by atoms with Crippen molar-refractivity contribution >= 4 is 34.2 Å². The highest BCUT2D eigenvalue weighted by molar-refractivity contribution is 7.99. The average Bonchev–Trinajstić information content (AvgIpc) is 3.09. The van der Waals surface area contributed by atoms with Gasteiger partial charge in [0.2, 0.25) is 5.91 Å². The zero-order valence-corrected chi connectivity index (χ0v) is 17.8. The summed E-state index contributed by atoms with van der Waals surface area (Å²) in [6.45, 7) is 9.41. The molecule has 0 saturated carbocycles. The Bertz CT molecular complexity index is 1020. The molecular weight excluding hydrogens is 370 g/mol. The van der Waals surface area contributed by atoms with Crippen molar-refractivity contribution in [3.8, 4) is 0 Å². The van der Waals surface area contributed by atoms with E-state index >= 15 is 0 Å². The number of para-hydroxylation sites is 1. The van der Waals surface area contributed by atoms with E-state index in [1.807, 2.05) is 33.6 Å². The van der Waals surface area contributed by atoms with Gasteiger partial charge in [0, 0.05) is 23.4 Å². The molecule has 2 aromatic heterocycles. The highest BCUT2D eigenvalue weighted by atomic mass is 32.2. The van der Waals surface area contributed by atoms with Crippen molar-refractivity contribution in [3.63, 3.8) is 0 Å². The molecule has 0 N–H and O–H groups in total. The molecule has 1 aliphatic heterocycles. The molecule has 1 amide bonds. The van der Waals surface area contributed by atoms with Crippen LogP contribution in [0.2, 0.25) is 0 Å². The Morgan fingerprint density at radius 3 is 2.75 bits per heavy atom. The first-order valence-electron chi connectivity index (χ1n) is 9.93. The minimum Gasteiger partial charge on any atom is -0.339 e. The predicted molar refractivity (Wildman–Crippen MR) is 113 cm³/mol. The summed E-state index contributed by atoms with van der Waals surface area (Å²) in [4.78, 5) is 19.7. The number of likely N-dealkylation sites (tertiary alicyclic amines) is 1. The van der Waals surface area contributed by atoms with E-state index in [1.54, 1.807) is 0 Å². The Kier molecular flexibility index (Phi) is 5.04. The number of thioether (sulfide) groups is 1. The topological polar surface area (TPSA) is 63.4 Å². The number of piperidine rings is 1. The number of nitrogens with zero attached hydrogens (tertiary/aromatic N) is 5. The molecule has 0 unspecified atom stereocenters. The van der Waals surface area contributed by atoms with E-state index in [4.69, 9.17) is 4.98 Å². The molecule has 1 aromatic carbocycles. The fourth-order valence-corrected chi connectivity index (χ4v) is 4.65. The standard InChI is InChI=1S/C21H27N5OS/c1-14-9-7-8-12-25(14)17(27)13-28-20-24-23-18-15-10-5-6-11-16(15)22-19(26(18)20)21(2,3)4/h5-6,10-11,14H,7-9,12-13H2,1-4H3/t14-/m0/s1. The maximum atomic E-state index is 12.8. The first-order valence-corrected chi connectivity index (χ1v) is 10.9. The number of hydrogen-bond acceptors (Lipinski definition) is 5. The minimum atomic E-state index is -0.175. The Labute approximate surface area is 169 Å². The van der Waals surface area contributed by atoms with Crippen molar-refractivity contribution in [1.82, 2.24) is 24.5 Å². The number of carbonyl (C=O) groups excluding carboxylic acids is 1. The first-order chi connectivity index (χ1) is 13.4. The van der Waals surface area contributed by atoms with Crippen LogP contribution in [0.5, 0.6) is 0 Å². The van der Waals surface area contributed by atoms with Gasteiger partial charge in [-0.05, 0) is 38.3 Å². The number of rotatable bonds is 3. The summed E-state index contributed by atoms with van der Waals surface area (Å²) in [7, 11) is 0. The van der Waals surface area contributed by atoms with Gasteiger partial charge in [-0.25, -0.2) is 4.98 Å². The van der Waals surface area contributed by atoms with Gasteiger partial charge in [-0.15, -0.1) is 10.2 Å². The molecule has 1 aliphatic rings. The van der Waals surface area contributed by atoms with Crippen LogP contribution in [-0.4, -0.2) is 48.7 Å². The molecule has 6 nitrogen and oxygen atoms in total. The SMILES string of the molecule is C[C@H]1CCCCN1C(=O)CSc1nnc2c3ccccc3nc(C(C)(C)C)n12. The largest absolute Gasteiger partial charge is 0.339 e. The number of benzene rings is 1. The van der Waals surface area contributed by atoms with Crippen LogP contribution in [0.1, 0.15) is 52.8 Å². The molecular formula is C21H27N5OS. The molecule has 28 heavy (non-hydrogen) atoms. The van der Waals surface area contributed by atoms with E-state index in [0.717, 1.165) is 46.9 Å². The van der Waals surface area contributed by atoms with E-state index in [1.165, 1.54) is 18.2 Å². The van der Waals surface area contributed by atoms with Crippen LogP contribution in [0.3, 0.4) is 0 Å². The van der Waals surface area contributed by atoms with Crippen molar-refractivity contribution in [2.45, 2.75) is 63.6 Å². The van der Waals surface area contributed by atoms with Crippen molar-refractivity contribution in [2.24, 2.45) is 0 Å². The van der Waals surface area contributed by atoms with Gasteiger partial charge in [-0.2, -0.15) is 0 Å². The lowest BCUT2D eigenvalue weighted by Crippen LogP contribution is -2.42. The summed E-state index contributed by atoms with van der Waals surface area (Å²) < 4.78 is 2.03. The maximum absolute atomic E-state index is 12.8. The van der Waals surface area contributed by atoms with Gasteiger partial charge in [0.25, 0.3) is 0 Å². The molecule has 3 heterocycles. The van der Waals surface area contributed by atoms with Crippen LogP contribution in [0.4, 0.5) is 0 Å². The second kappa shape index (κ2) is 7.35. The predicted octanol–water partition coefficient (Wildman–Crippen LogP) is 4.07. The lowest BCUT2D eigenvalue weighted by Gasteiger charge is -2.33. The van der Waals surface area contributed by atoms with Crippen molar-refractivity contribution < 1.29 is 4.79 Å². The fraction of sp³-hybridized carbons (Fsp3) is 0.524. The van der Waals surface area contributed by atoms with Crippen LogP contribution in [0, 0.1) is 0 Å². The molecule has 1 atom stereocenters. The molecule has 4 rings (SSSR count).